The van der Waals surface area contributed by atoms with Gasteiger partial charge in [0.2, 0.25) is 0 Å². The molecule has 0 saturated heterocycles. The molecule has 0 amide bonds. The molecule has 0 radical (unpaired) electrons. The van der Waals surface area contributed by atoms with Crippen LogP contribution in [0.25, 0.3) is 0 Å². The van der Waals surface area contributed by atoms with Gasteiger partial charge in [-0.3, -0.25) is 4.79 Å². The van der Waals surface area contributed by atoms with E-state index in [1.165, 1.54) is 0 Å². The van der Waals surface area contributed by atoms with Crippen molar-refractivity contribution >= 4 is 11.8 Å². The highest BCUT2D eigenvalue weighted by Gasteiger charge is 1.97. The van der Waals surface area contributed by atoms with Crippen LogP contribution in [0.2, 0.25) is 0 Å². The summed E-state index contributed by atoms with van der Waals surface area (Å²) in [4.78, 5) is 17.9. The lowest BCUT2D eigenvalue weighted by molar-refractivity contribution is 0.914. The maximum atomic E-state index is 11.1. The minimum Gasteiger partial charge on any atom is -0.301 e. The van der Waals surface area contributed by atoms with Crippen molar-refractivity contribution in [3.05, 3.63) is 22.1 Å². The molecule has 1 N–H and O–H groups in total. The summed E-state index contributed by atoms with van der Waals surface area (Å²) >= 11 is 1.58. The van der Waals surface area contributed by atoms with E-state index < -0.39 is 0 Å². The van der Waals surface area contributed by atoms with E-state index in [1.54, 1.807) is 24.9 Å². The zero-order chi connectivity index (χ0) is 8.97. The highest BCUT2D eigenvalue weighted by molar-refractivity contribution is 7.99. The molecule has 0 aliphatic heterocycles. The molecule has 1 heterocycles. The van der Waals surface area contributed by atoms with Gasteiger partial charge in [-0.25, -0.2) is 4.98 Å². The maximum Gasteiger partial charge on any atom is 0.254 e. The SMILES string of the molecule is CCCSc1ncc(C)c(=O)[nH]1. The summed E-state index contributed by atoms with van der Waals surface area (Å²) in [5.74, 6) is 0.992. The Balaban J connectivity index is 2.76. The first-order valence-corrected chi connectivity index (χ1v) is 4.91. The lowest BCUT2D eigenvalue weighted by Crippen LogP contribution is -2.10. The van der Waals surface area contributed by atoms with E-state index in [0.29, 0.717) is 10.7 Å². The van der Waals surface area contributed by atoms with Gasteiger partial charge in [-0.2, -0.15) is 0 Å². The first-order chi connectivity index (χ1) is 5.74. The van der Waals surface area contributed by atoms with Crippen LogP contribution in [0.1, 0.15) is 18.9 Å². The largest absolute Gasteiger partial charge is 0.301 e. The van der Waals surface area contributed by atoms with Crippen molar-refractivity contribution in [3.63, 3.8) is 0 Å². The summed E-state index contributed by atoms with van der Waals surface area (Å²) < 4.78 is 0. The van der Waals surface area contributed by atoms with Crippen LogP contribution < -0.4 is 5.56 Å². The fourth-order valence-corrected chi connectivity index (χ4v) is 1.40. The van der Waals surface area contributed by atoms with Crippen molar-refractivity contribution in [1.82, 2.24) is 9.97 Å². The molecule has 4 heteroatoms. The molecular formula is C8H12N2OS. The lowest BCUT2D eigenvalue weighted by Gasteiger charge is -1.97. The average molecular weight is 184 g/mol. The van der Waals surface area contributed by atoms with Crippen molar-refractivity contribution in [2.75, 3.05) is 5.75 Å². The molecule has 0 spiro atoms. The van der Waals surface area contributed by atoms with Crippen molar-refractivity contribution < 1.29 is 0 Å². The van der Waals surface area contributed by atoms with Gasteiger partial charge >= 0.3 is 0 Å². The van der Waals surface area contributed by atoms with Crippen molar-refractivity contribution in [1.29, 1.82) is 0 Å². The van der Waals surface area contributed by atoms with Gasteiger partial charge in [0.15, 0.2) is 5.16 Å². The van der Waals surface area contributed by atoms with E-state index in [1.807, 2.05) is 0 Å². The molecule has 3 nitrogen and oxygen atoms in total. The normalized spacial score (nSPS) is 10.2. The molecule has 0 atom stereocenters. The van der Waals surface area contributed by atoms with Crippen LogP contribution in [-0.2, 0) is 0 Å². The Hall–Kier alpha value is -0.770. The zero-order valence-electron chi connectivity index (χ0n) is 7.26. The van der Waals surface area contributed by atoms with E-state index in [2.05, 4.69) is 16.9 Å². The second-order valence-corrected chi connectivity index (χ2v) is 3.63. The standard InChI is InChI=1S/C8H12N2OS/c1-3-4-12-8-9-5-6(2)7(11)10-8/h5H,3-4H2,1-2H3,(H,9,10,11). The van der Waals surface area contributed by atoms with Crippen LogP contribution in [0.15, 0.2) is 16.1 Å². The number of rotatable bonds is 3. The number of H-pyrrole nitrogens is 1. The van der Waals surface area contributed by atoms with Crippen molar-refractivity contribution in [2.45, 2.75) is 25.4 Å². The number of aromatic amines is 1. The number of aryl methyl sites for hydroxylation is 1. The second kappa shape index (κ2) is 4.30. The molecule has 1 rings (SSSR count). The monoisotopic (exact) mass is 184 g/mol. The Morgan fingerprint density at radius 3 is 3.00 bits per heavy atom. The van der Waals surface area contributed by atoms with E-state index in [0.717, 1.165) is 12.2 Å². The highest BCUT2D eigenvalue weighted by atomic mass is 32.2. The van der Waals surface area contributed by atoms with E-state index in [9.17, 15) is 4.79 Å². The summed E-state index contributed by atoms with van der Waals surface area (Å²) in [5.41, 5.74) is 0.624. The Kier molecular flexibility index (Phi) is 3.34. The third kappa shape index (κ3) is 2.37. The third-order valence-electron chi connectivity index (χ3n) is 1.40. The minimum atomic E-state index is -0.0383. The molecular weight excluding hydrogens is 172 g/mol. The summed E-state index contributed by atoms with van der Waals surface area (Å²) in [6, 6.07) is 0. The van der Waals surface area contributed by atoms with Gasteiger partial charge in [0, 0.05) is 17.5 Å². The molecule has 0 aromatic carbocycles. The first-order valence-electron chi connectivity index (χ1n) is 3.92. The number of aromatic nitrogens is 2. The number of nitrogens with zero attached hydrogens (tertiary/aromatic N) is 1. The second-order valence-electron chi connectivity index (χ2n) is 2.55. The number of hydrogen-bond donors (Lipinski definition) is 1. The van der Waals surface area contributed by atoms with Crippen LogP contribution in [0.5, 0.6) is 0 Å². The predicted octanol–water partition coefficient (Wildman–Crippen LogP) is 1.58. The smallest absolute Gasteiger partial charge is 0.254 e. The minimum absolute atomic E-state index is 0.0383. The average Bonchev–Trinajstić information content (AvgIpc) is 2.07. The van der Waals surface area contributed by atoms with Gasteiger partial charge in [0.05, 0.1) is 0 Å². The molecule has 12 heavy (non-hydrogen) atoms. The molecule has 0 saturated carbocycles. The van der Waals surface area contributed by atoms with Crippen LogP contribution in [0.4, 0.5) is 0 Å². The van der Waals surface area contributed by atoms with Crippen LogP contribution in [-0.4, -0.2) is 15.7 Å². The van der Waals surface area contributed by atoms with Crippen LogP contribution >= 0.6 is 11.8 Å². The summed E-state index contributed by atoms with van der Waals surface area (Å²) in [6.45, 7) is 3.85. The van der Waals surface area contributed by atoms with Gasteiger partial charge < -0.3 is 4.98 Å². The molecule has 0 aliphatic carbocycles. The molecule has 1 aromatic heterocycles. The van der Waals surface area contributed by atoms with E-state index in [4.69, 9.17) is 0 Å². The van der Waals surface area contributed by atoms with Gasteiger partial charge in [0.1, 0.15) is 0 Å². The first kappa shape index (κ1) is 9.32. The molecule has 66 valence electrons. The van der Waals surface area contributed by atoms with Crippen molar-refractivity contribution in [2.24, 2.45) is 0 Å². The molecule has 1 aromatic rings. The zero-order valence-corrected chi connectivity index (χ0v) is 8.07. The third-order valence-corrected chi connectivity index (χ3v) is 2.49. The molecule has 0 fully saturated rings. The number of thioether (sulfide) groups is 1. The lowest BCUT2D eigenvalue weighted by atomic mass is 10.4. The van der Waals surface area contributed by atoms with Crippen molar-refractivity contribution in [3.8, 4) is 0 Å². The fourth-order valence-electron chi connectivity index (χ4n) is 0.714. The van der Waals surface area contributed by atoms with Crippen LogP contribution in [0.3, 0.4) is 0 Å². The fraction of sp³-hybridized carbons (Fsp3) is 0.500. The molecule has 0 bridgehead atoms. The predicted molar refractivity (Wildman–Crippen MR) is 50.6 cm³/mol. The Morgan fingerprint density at radius 1 is 1.67 bits per heavy atom. The summed E-state index contributed by atoms with van der Waals surface area (Å²) in [7, 11) is 0. The van der Waals surface area contributed by atoms with E-state index >= 15 is 0 Å². The Labute approximate surface area is 75.6 Å². The van der Waals surface area contributed by atoms with E-state index in [-0.39, 0.29) is 5.56 Å². The Bertz CT molecular complexity index is 308. The topological polar surface area (TPSA) is 45.8 Å². The number of hydrogen-bond acceptors (Lipinski definition) is 3. The Morgan fingerprint density at radius 2 is 2.42 bits per heavy atom. The van der Waals surface area contributed by atoms with Crippen LogP contribution in [0, 0.1) is 6.92 Å². The van der Waals surface area contributed by atoms with Gasteiger partial charge in [-0.05, 0) is 13.3 Å². The maximum absolute atomic E-state index is 11.1. The van der Waals surface area contributed by atoms with Gasteiger partial charge in [-0.1, -0.05) is 18.7 Å². The molecule has 0 unspecified atom stereocenters. The molecule has 0 aliphatic rings. The number of nitrogens with one attached hydrogen (secondary N) is 1. The summed E-state index contributed by atoms with van der Waals surface area (Å²) in [5, 5.41) is 0.715. The highest BCUT2D eigenvalue weighted by Crippen LogP contribution is 2.10. The van der Waals surface area contributed by atoms with Gasteiger partial charge in [0.25, 0.3) is 5.56 Å². The quantitative estimate of drug-likeness (QED) is 0.573. The summed E-state index contributed by atoms with van der Waals surface area (Å²) in [6.07, 6.45) is 2.69. The van der Waals surface area contributed by atoms with Gasteiger partial charge in [-0.15, -0.1) is 0 Å².